The van der Waals surface area contributed by atoms with Gasteiger partial charge in [0, 0.05) is 17.6 Å². The van der Waals surface area contributed by atoms with Crippen LogP contribution in [0.15, 0.2) is 22.7 Å². The maximum atomic E-state index is 12.1. The quantitative estimate of drug-likeness (QED) is 0.761. The van der Waals surface area contributed by atoms with Crippen LogP contribution >= 0.6 is 0 Å². The zero-order chi connectivity index (χ0) is 18.0. The molecule has 0 aromatic carbocycles. The van der Waals surface area contributed by atoms with Gasteiger partial charge in [-0.1, -0.05) is 0 Å². The third-order valence-corrected chi connectivity index (χ3v) is 4.10. The molecule has 0 saturated heterocycles. The van der Waals surface area contributed by atoms with Crippen LogP contribution in [0.2, 0.25) is 0 Å². The Morgan fingerprint density at radius 2 is 2.00 bits per heavy atom. The zero-order valence-electron chi connectivity index (χ0n) is 14.7. The van der Waals surface area contributed by atoms with Crippen LogP contribution in [0.5, 0.6) is 0 Å². The van der Waals surface area contributed by atoms with Gasteiger partial charge >= 0.3 is 0 Å². The molecule has 3 aromatic heterocycles. The lowest BCUT2D eigenvalue weighted by atomic mass is 10.2. The van der Waals surface area contributed by atoms with Gasteiger partial charge in [0.15, 0.2) is 0 Å². The molecule has 0 spiro atoms. The average Bonchev–Trinajstić information content (AvgIpc) is 3.15. The largest absolute Gasteiger partial charge is 0.419 e. The number of nitrogens with one attached hydrogen (secondary N) is 1. The second-order valence-corrected chi connectivity index (χ2v) is 5.92. The minimum atomic E-state index is -0.164. The van der Waals surface area contributed by atoms with E-state index in [1.165, 1.54) is 0 Å². The van der Waals surface area contributed by atoms with Crippen LogP contribution in [0.3, 0.4) is 0 Å². The number of aromatic nitrogens is 5. The van der Waals surface area contributed by atoms with E-state index in [9.17, 15) is 4.79 Å². The molecule has 0 saturated carbocycles. The maximum Gasteiger partial charge on any atom is 0.249 e. The molecular formula is C17H20N6O2. The van der Waals surface area contributed by atoms with Crippen molar-refractivity contribution in [2.75, 3.05) is 0 Å². The molecule has 0 aliphatic heterocycles. The van der Waals surface area contributed by atoms with Gasteiger partial charge in [-0.2, -0.15) is 5.10 Å². The van der Waals surface area contributed by atoms with Gasteiger partial charge in [0.05, 0.1) is 17.8 Å². The van der Waals surface area contributed by atoms with E-state index in [1.54, 1.807) is 10.9 Å². The number of hydrogen-bond donors (Lipinski definition) is 1. The molecule has 0 aliphatic rings. The molecule has 8 nitrogen and oxygen atoms in total. The summed E-state index contributed by atoms with van der Waals surface area (Å²) in [4.78, 5) is 16.3. The van der Waals surface area contributed by atoms with Crippen molar-refractivity contribution in [3.8, 4) is 11.5 Å². The lowest BCUT2D eigenvalue weighted by Gasteiger charge is -2.05. The number of hydrogen-bond acceptors (Lipinski definition) is 6. The smallest absolute Gasteiger partial charge is 0.249 e. The zero-order valence-corrected chi connectivity index (χ0v) is 14.7. The first-order valence-electron chi connectivity index (χ1n) is 7.96. The second kappa shape index (κ2) is 6.84. The van der Waals surface area contributed by atoms with Gasteiger partial charge in [0.1, 0.15) is 6.54 Å². The fraction of sp³-hybridized carbons (Fsp3) is 0.353. The predicted octanol–water partition coefficient (Wildman–Crippen LogP) is 1.88. The molecule has 25 heavy (non-hydrogen) atoms. The summed E-state index contributed by atoms with van der Waals surface area (Å²) in [6.07, 6.45) is 1.68. The summed E-state index contributed by atoms with van der Waals surface area (Å²) in [5.74, 6) is 0.557. The van der Waals surface area contributed by atoms with Gasteiger partial charge in [0.2, 0.25) is 17.7 Å². The highest BCUT2D eigenvalue weighted by molar-refractivity contribution is 5.75. The van der Waals surface area contributed by atoms with Crippen LogP contribution in [0, 0.1) is 27.7 Å². The molecule has 0 atom stereocenters. The Morgan fingerprint density at radius 3 is 2.64 bits per heavy atom. The fourth-order valence-corrected chi connectivity index (χ4v) is 2.34. The van der Waals surface area contributed by atoms with Crippen molar-refractivity contribution in [2.45, 2.75) is 40.8 Å². The van der Waals surface area contributed by atoms with Crippen LogP contribution < -0.4 is 5.32 Å². The summed E-state index contributed by atoms with van der Waals surface area (Å²) < 4.78 is 7.25. The van der Waals surface area contributed by atoms with Crippen LogP contribution in [-0.4, -0.2) is 30.9 Å². The highest BCUT2D eigenvalue weighted by Gasteiger charge is 2.13. The first kappa shape index (κ1) is 16.8. The van der Waals surface area contributed by atoms with Crippen LogP contribution in [0.1, 0.15) is 28.5 Å². The number of pyridine rings is 1. The highest BCUT2D eigenvalue weighted by Crippen LogP contribution is 2.16. The van der Waals surface area contributed by atoms with Crippen LogP contribution in [-0.2, 0) is 17.9 Å². The lowest BCUT2D eigenvalue weighted by Crippen LogP contribution is -2.28. The molecule has 1 N–H and O–H groups in total. The average molecular weight is 340 g/mol. The Hall–Kier alpha value is -3.03. The van der Waals surface area contributed by atoms with E-state index in [-0.39, 0.29) is 19.0 Å². The van der Waals surface area contributed by atoms with Crippen molar-refractivity contribution in [2.24, 2.45) is 0 Å². The maximum absolute atomic E-state index is 12.1. The normalized spacial score (nSPS) is 10.9. The van der Waals surface area contributed by atoms with E-state index < -0.39 is 0 Å². The fourth-order valence-electron chi connectivity index (χ4n) is 2.34. The Balaban J connectivity index is 1.59. The molecule has 130 valence electrons. The molecule has 0 radical (unpaired) electrons. The predicted molar refractivity (Wildman–Crippen MR) is 90.6 cm³/mol. The summed E-state index contributed by atoms with van der Waals surface area (Å²) in [5.41, 5.74) is 4.67. The number of amides is 1. The molecule has 0 aliphatic carbocycles. The summed E-state index contributed by atoms with van der Waals surface area (Å²) in [6, 6.07) is 3.74. The van der Waals surface area contributed by atoms with Gasteiger partial charge in [0.25, 0.3) is 0 Å². The van der Waals surface area contributed by atoms with E-state index in [1.807, 2.05) is 39.8 Å². The van der Waals surface area contributed by atoms with Crippen molar-refractivity contribution in [3.63, 3.8) is 0 Å². The van der Waals surface area contributed by atoms with E-state index in [4.69, 9.17) is 4.42 Å². The number of aryl methyl sites for hydroxylation is 2. The molecule has 3 heterocycles. The molecule has 3 aromatic rings. The van der Waals surface area contributed by atoms with Gasteiger partial charge in [-0.25, -0.2) is 0 Å². The number of carbonyl (C=O) groups excluding carboxylic acids is 1. The molecule has 3 rings (SSSR count). The topological polar surface area (TPSA) is 98.7 Å². The summed E-state index contributed by atoms with van der Waals surface area (Å²) >= 11 is 0. The van der Waals surface area contributed by atoms with Gasteiger partial charge in [-0.15, -0.1) is 10.2 Å². The Labute approximate surface area is 145 Å². The van der Waals surface area contributed by atoms with Crippen molar-refractivity contribution < 1.29 is 9.21 Å². The number of rotatable bonds is 5. The Bertz CT molecular complexity index is 895. The Morgan fingerprint density at radius 1 is 1.20 bits per heavy atom. The SMILES string of the molecule is Cc1ccc(-c2nnc(CNC(=O)Cn3nc(C)c(C)c3C)o2)cn1. The van der Waals surface area contributed by atoms with Crippen LogP contribution in [0.4, 0.5) is 0 Å². The minimum absolute atomic E-state index is 0.156. The third-order valence-electron chi connectivity index (χ3n) is 4.10. The molecule has 0 unspecified atom stereocenters. The van der Waals surface area contributed by atoms with Crippen LogP contribution in [0.25, 0.3) is 11.5 Å². The monoisotopic (exact) mass is 340 g/mol. The van der Waals surface area contributed by atoms with E-state index in [2.05, 4.69) is 25.6 Å². The first-order chi connectivity index (χ1) is 11.9. The molecule has 1 amide bonds. The van der Waals surface area contributed by atoms with Gasteiger partial charge in [-0.3, -0.25) is 14.5 Å². The third kappa shape index (κ3) is 3.73. The summed E-state index contributed by atoms with van der Waals surface area (Å²) in [6.45, 7) is 8.10. The minimum Gasteiger partial charge on any atom is -0.419 e. The first-order valence-corrected chi connectivity index (χ1v) is 7.96. The standard InChI is InChI=1S/C17H20N6O2/c1-10-5-6-14(7-18-10)17-21-20-16(25-17)8-19-15(24)9-23-13(4)11(2)12(3)22-23/h5-7H,8-9H2,1-4H3,(H,19,24). The van der Waals surface area contributed by atoms with E-state index in [0.717, 1.165) is 28.2 Å². The number of carbonyl (C=O) groups is 1. The summed E-state index contributed by atoms with van der Waals surface area (Å²) in [7, 11) is 0. The molecular weight excluding hydrogens is 320 g/mol. The van der Waals surface area contributed by atoms with E-state index in [0.29, 0.717) is 11.8 Å². The highest BCUT2D eigenvalue weighted by atomic mass is 16.4. The van der Waals surface area contributed by atoms with Gasteiger partial charge < -0.3 is 9.73 Å². The Kier molecular flexibility index (Phi) is 4.60. The molecule has 0 fully saturated rings. The van der Waals surface area contributed by atoms with Crippen molar-refractivity contribution in [1.29, 1.82) is 0 Å². The second-order valence-electron chi connectivity index (χ2n) is 5.92. The van der Waals surface area contributed by atoms with Crippen molar-refractivity contribution in [3.05, 3.63) is 46.9 Å². The van der Waals surface area contributed by atoms with Crippen molar-refractivity contribution in [1.82, 2.24) is 30.3 Å². The summed E-state index contributed by atoms with van der Waals surface area (Å²) in [5, 5.41) is 15.0. The van der Waals surface area contributed by atoms with Crippen molar-refractivity contribution >= 4 is 5.91 Å². The molecule has 0 bridgehead atoms. The lowest BCUT2D eigenvalue weighted by molar-refractivity contribution is -0.122. The molecule has 8 heteroatoms. The number of nitrogens with zero attached hydrogens (tertiary/aromatic N) is 5. The van der Waals surface area contributed by atoms with E-state index >= 15 is 0 Å². The van der Waals surface area contributed by atoms with Gasteiger partial charge in [-0.05, 0) is 45.4 Å².